The van der Waals surface area contributed by atoms with Gasteiger partial charge >= 0.3 is 0 Å². The van der Waals surface area contributed by atoms with Crippen LogP contribution in [0.4, 0.5) is 0 Å². The van der Waals surface area contributed by atoms with Gasteiger partial charge in [0.2, 0.25) is 5.16 Å². The van der Waals surface area contributed by atoms with Gasteiger partial charge in [-0.1, -0.05) is 44.7 Å². The normalized spacial score (nSPS) is 12.2. The highest BCUT2D eigenvalue weighted by Gasteiger charge is 2.15. The topological polar surface area (TPSA) is 119 Å². The second-order valence-electron chi connectivity index (χ2n) is 8.24. The monoisotopic (exact) mass is 453 g/mol. The summed E-state index contributed by atoms with van der Waals surface area (Å²) in [7, 11) is 0. The zero-order valence-electron chi connectivity index (χ0n) is 18.4. The Bertz CT molecular complexity index is 1050. The van der Waals surface area contributed by atoms with Crippen molar-refractivity contribution >= 4 is 11.8 Å². The van der Waals surface area contributed by atoms with Gasteiger partial charge in [0.15, 0.2) is 5.82 Å². The van der Waals surface area contributed by atoms with Crippen molar-refractivity contribution in [2.45, 2.75) is 44.1 Å². The number of nitrogens with zero attached hydrogens (tertiary/aromatic N) is 4. The first kappa shape index (κ1) is 23.4. The lowest BCUT2D eigenvalue weighted by atomic mass is 9.87. The molecule has 8 nitrogen and oxygen atoms in total. The van der Waals surface area contributed by atoms with Gasteiger partial charge in [-0.2, -0.15) is 5.26 Å². The Morgan fingerprint density at radius 2 is 1.69 bits per heavy atom. The lowest BCUT2D eigenvalue weighted by Crippen LogP contribution is -2.21. The summed E-state index contributed by atoms with van der Waals surface area (Å²) in [5.41, 5.74) is 1.87. The third-order valence-electron chi connectivity index (χ3n) is 4.65. The fourth-order valence-electron chi connectivity index (χ4n) is 2.74. The van der Waals surface area contributed by atoms with E-state index in [0.717, 1.165) is 5.75 Å². The summed E-state index contributed by atoms with van der Waals surface area (Å²) < 4.78 is 12.7. The van der Waals surface area contributed by atoms with Gasteiger partial charge < -0.3 is 20.4 Å². The fourth-order valence-corrected chi connectivity index (χ4v) is 3.52. The van der Waals surface area contributed by atoms with Crippen molar-refractivity contribution in [1.29, 1.82) is 5.26 Å². The minimum Gasteiger partial charge on any atom is -0.491 e. The van der Waals surface area contributed by atoms with Gasteiger partial charge in [-0.25, -0.2) is 4.68 Å². The number of nitriles is 1. The lowest BCUT2D eigenvalue weighted by molar-refractivity contribution is 0.126. The largest absolute Gasteiger partial charge is 0.491 e. The van der Waals surface area contributed by atoms with Crippen LogP contribution in [0.25, 0.3) is 0 Å². The molecule has 2 aromatic carbocycles. The Kier molecular flexibility index (Phi) is 7.62. The Labute approximate surface area is 192 Å². The van der Waals surface area contributed by atoms with Crippen LogP contribution < -0.4 is 15.3 Å². The molecule has 168 valence electrons. The van der Waals surface area contributed by atoms with E-state index in [0.29, 0.717) is 28.0 Å². The van der Waals surface area contributed by atoms with E-state index in [4.69, 9.17) is 20.6 Å². The average Bonchev–Trinajstić information content (AvgIpc) is 3.14. The second kappa shape index (κ2) is 10.4. The van der Waals surface area contributed by atoms with Crippen LogP contribution in [0.2, 0.25) is 0 Å². The lowest BCUT2D eigenvalue weighted by Gasteiger charge is -2.19. The first-order chi connectivity index (χ1) is 15.3. The summed E-state index contributed by atoms with van der Waals surface area (Å²) in [4.78, 5) is 0. The Morgan fingerprint density at radius 3 is 2.31 bits per heavy atom. The zero-order chi connectivity index (χ0) is 23.1. The first-order valence-electron chi connectivity index (χ1n) is 10.1. The standard InChI is InChI=1S/C23H27N5O3S/c1-23(2,3)17-6-10-20(11-7-17)31-14-21-26-27-22(28(21)25)32-15-18(29)13-30-19-8-4-16(12-24)5-9-19/h4-11,18,29H,13-15,25H2,1-3H3. The molecule has 1 atom stereocenters. The third-order valence-corrected chi connectivity index (χ3v) is 5.74. The predicted octanol–water partition coefficient (Wildman–Crippen LogP) is 3.27. The average molecular weight is 454 g/mol. The van der Waals surface area contributed by atoms with Crippen molar-refractivity contribution in [3.63, 3.8) is 0 Å². The van der Waals surface area contributed by atoms with E-state index in [1.807, 2.05) is 30.3 Å². The zero-order valence-corrected chi connectivity index (χ0v) is 19.2. The van der Waals surface area contributed by atoms with E-state index >= 15 is 0 Å². The molecule has 3 rings (SSSR count). The van der Waals surface area contributed by atoms with Gasteiger partial charge in [0, 0.05) is 5.75 Å². The quantitative estimate of drug-likeness (QED) is 0.374. The highest BCUT2D eigenvalue weighted by Crippen LogP contribution is 2.25. The fraction of sp³-hybridized carbons (Fsp3) is 0.348. The van der Waals surface area contributed by atoms with E-state index in [-0.39, 0.29) is 18.6 Å². The minimum absolute atomic E-state index is 0.0830. The summed E-state index contributed by atoms with van der Waals surface area (Å²) in [5.74, 6) is 8.21. The van der Waals surface area contributed by atoms with Crippen LogP contribution in [0.1, 0.15) is 37.7 Å². The van der Waals surface area contributed by atoms with Gasteiger partial charge in [-0.3, -0.25) is 0 Å². The summed E-state index contributed by atoms with van der Waals surface area (Å²) >= 11 is 1.28. The molecule has 1 unspecified atom stereocenters. The van der Waals surface area contributed by atoms with Crippen LogP contribution in [-0.4, -0.2) is 38.4 Å². The molecule has 1 heterocycles. The van der Waals surface area contributed by atoms with Crippen molar-refractivity contribution in [2.24, 2.45) is 0 Å². The van der Waals surface area contributed by atoms with Gasteiger partial charge in [-0.15, -0.1) is 10.2 Å². The first-order valence-corrected chi connectivity index (χ1v) is 11.1. The molecule has 32 heavy (non-hydrogen) atoms. The number of aliphatic hydroxyl groups excluding tert-OH is 1. The number of nitrogen functional groups attached to an aromatic ring is 1. The van der Waals surface area contributed by atoms with Gasteiger partial charge in [0.1, 0.15) is 24.7 Å². The molecular weight excluding hydrogens is 426 g/mol. The van der Waals surface area contributed by atoms with Gasteiger partial charge in [0.05, 0.1) is 17.7 Å². The summed E-state index contributed by atoms with van der Waals surface area (Å²) in [6.07, 6.45) is -0.728. The molecule has 1 aromatic heterocycles. The maximum atomic E-state index is 10.2. The van der Waals surface area contributed by atoms with Gasteiger partial charge in [0.25, 0.3) is 0 Å². The number of rotatable bonds is 9. The number of benzene rings is 2. The predicted molar refractivity (Wildman–Crippen MR) is 123 cm³/mol. The third kappa shape index (κ3) is 6.39. The van der Waals surface area contributed by atoms with Crippen LogP contribution >= 0.6 is 11.8 Å². The Hall–Kier alpha value is -3.22. The van der Waals surface area contributed by atoms with Crippen molar-refractivity contribution in [3.8, 4) is 17.6 Å². The van der Waals surface area contributed by atoms with Crippen LogP contribution in [-0.2, 0) is 12.0 Å². The smallest absolute Gasteiger partial charge is 0.209 e. The highest BCUT2D eigenvalue weighted by atomic mass is 32.2. The number of ether oxygens (including phenoxy) is 2. The second-order valence-corrected chi connectivity index (χ2v) is 9.23. The maximum Gasteiger partial charge on any atom is 0.209 e. The molecule has 0 amide bonds. The Balaban J connectivity index is 1.46. The van der Waals surface area contributed by atoms with Crippen molar-refractivity contribution in [3.05, 3.63) is 65.5 Å². The molecule has 0 aliphatic carbocycles. The van der Waals surface area contributed by atoms with Crippen molar-refractivity contribution < 1.29 is 14.6 Å². The summed E-state index contributed by atoms with van der Waals surface area (Å²) in [5, 5.41) is 27.6. The summed E-state index contributed by atoms with van der Waals surface area (Å²) in [6.45, 7) is 6.78. The molecular formula is C23H27N5O3S. The van der Waals surface area contributed by atoms with E-state index in [1.54, 1.807) is 24.3 Å². The van der Waals surface area contributed by atoms with E-state index in [2.05, 4.69) is 31.0 Å². The van der Waals surface area contributed by atoms with Crippen LogP contribution in [0.3, 0.4) is 0 Å². The number of nitrogens with two attached hydrogens (primary N) is 1. The molecule has 0 saturated carbocycles. The molecule has 3 aromatic rings. The van der Waals surface area contributed by atoms with E-state index in [9.17, 15) is 5.11 Å². The molecule has 0 bridgehead atoms. The number of hydrogen-bond donors (Lipinski definition) is 2. The van der Waals surface area contributed by atoms with Crippen LogP contribution in [0, 0.1) is 11.3 Å². The van der Waals surface area contributed by atoms with Crippen LogP contribution in [0.5, 0.6) is 11.5 Å². The Morgan fingerprint density at radius 1 is 1.06 bits per heavy atom. The van der Waals surface area contributed by atoms with E-state index < -0.39 is 6.10 Å². The molecule has 0 saturated heterocycles. The molecule has 0 fully saturated rings. The SMILES string of the molecule is CC(C)(C)c1ccc(OCc2nnc(SCC(O)COc3ccc(C#N)cc3)n2N)cc1. The van der Waals surface area contributed by atoms with Crippen molar-refractivity contribution in [1.82, 2.24) is 14.9 Å². The molecule has 0 aliphatic heterocycles. The summed E-state index contributed by atoms with van der Waals surface area (Å²) in [6, 6.07) is 16.7. The molecule has 3 N–H and O–H groups in total. The number of aliphatic hydroxyl groups is 1. The molecule has 0 aliphatic rings. The van der Waals surface area contributed by atoms with Gasteiger partial charge in [-0.05, 0) is 47.4 Å². The number of aromatic nitrogens is 3. The van der Waals surface area contributed by atoms with E-state index in [1.165, 1.54) is 22.0 Å². The van der Waals surface area contributed by atoms with Crippen molar-refractivity contribution in [2.75, 3.05) is 18.2 Å². The molecule has 0 radical (unpaired) electrons. The molecule has 9 heteroatoms. The highest BCUT2D eigenvalue weighted by molar-refractivity contribution is 7.99. The number of thioether (sulfide) groups is 1. The number of hydrogen-bond acceptors (Lipinski definition) is 8. The van der Waals surface area contributed by atoms with Crippen LogP contribution in [0.15, 0.2) is 53.7 Å². The molecule has 0 spiro atoms. The maximum absolute atomic E-state index is 10.2. The minimum atomic E-state index is -0.728.